The van der Waals surface area contributed by atoms with Crippen LogP contribution in [0.3, 0.4) is 0 Å². The van der Waals surface area contributed by atoms with E-state index in [1.165, 1.54) is 0 Å². The fourth-order valence-corrected chi connectivity index (χ4v) is 3.19. The first kappa shape index (κ1) is 22.9. The number of hydrogen-bond donors (Lipinski definition) is 1. The molecule has 0 spiro atoms. The first-order valence-corrected chi connectivity index (χ1v) is 10.7. The van der Waals surface area contributed by atoms with Crippen LogP contribution in [0, 0.1) is 0 Å². The normalized spacial score (nSPS) is 10.3. The molecule has 0 fully saturated rings. The Bertz CT molecular complexity index is 1030. The summed E-state index contributed by atoms with van der Waals surface area (Å²) >= 11 is 0. The number of rotatable bonds is 10. The third-order valence-corrected chi connectivity index (χ3v) is 4.88. The maximum Gasteiger partial charge on any atom is 0.255 e. The Morgan fingerprint density at radius 1 is 0.750 bits per heavy atom. The van der Waals surface area contributed by atoms with E-state index in [0.717, 1.165) is 5.75 Å². The summed E-state index contributed by atoms with van der Waals surface area (Å²) in [6, 6.07) is 23.5. The highest BCUT2D eigenvalue weighted by atomic mass is 16.5. The van der Waals surface area contributed by atoms with Crippen LogP contribution in [-0.2, 0) is 0 Å². The number of carbonyl (C=O) groups excluding carboxylic acids is 2. The van der Waals surface area contributed by atoms with Crippen molar-refractivity contribution in [2.45, 2.75) is 13.8 Å². The van der Waals surface area contributed by atoms with Gasteiger partial charge in [-0.2, -0.15) is 0 Å². The van der Waals surface area contributed by atoms with Gasteiger partial charge in [0.15, 0.2) is 0 Å². The molecule has 6 nitrogen and oxygen atoms in total. The molecule has 2 amide bonds. The average molecular weight is 433 g/mol. The van der Waals surface area contributed by atoms with Crippen molar-refractivity contribution >= 4 is 17.5 Å². The van der Waals surface area contributed by atoms with E-state index in [4.69, 9.17) is 9.47 Å². The highest BCUT2D eigenvalue weighted by Gasteiger charge is 2.14. The van der Waals surface area contributed by atoms with Crippen molar-refractivity contribution in [2.75, 3.05) is 31.6 Å². The summed E-state index contributed by atoms with van der Waals surface area (Å²) in [5, 5.41) is 2.85. The van der Waals surface area contributed by atoms with Crippen LogP contribution in [0.4, 0.5) is 5.69 Å². The van der Waals surface area contributed by atoms with E-state index in [0.29, 0.717) is 48.9 Å². The number of amides is 2. The average Bonchev–Trinajstić information content (AvgIpc) is 2.83. The number of hydrogen-bond acceptors (Lipinski definition) is 4. The quantitative estimate of drug-likeness (QED) is 0.464. The number of ether oxygens (including phenoxy) is 2. The molecule has 0 saturated heterocycles. The van der Waals surface area contributed by atoms with Crippen LogP contribution < -0.4 is 14.8 Å². The van der Waals surface area contributed by atoms with Gasteiger partial charge < -0.3 is 19.7 Å². The molecule has 0 aliphatic rings. The van der Waals surface area contributed by atoms with Gasteiger partial charge in [0.25, 0.3) is 11.8 Å². The lowest BCUT2D eigenvalue weighted by Gasteiger charge is -2.19. The van der Waals surface area contributed by atoms with E-state index >= 15 is 0 Å². The van der Waals surface area contributed by atoms with Gasteiger partial charge in [0.2, 0.25) is 0 Å². The third kappa shape index (κ3) is 6.35. The first-order chi connectivity index (χ1) is 15.6. The fourth-order valence-electron chi connectivity index (χ4n) is 3.19. The molecule has 0 aliphatic carbocycles. The standard InChI is InChI=1S/C26H28N2O4/c1-3-28(4-2)26(30)21-11-8-12-22(18-21)27-25(29)20-10-9-15-24(19-20)32-17-16-31-23-13-6-5-7-14-23/h5-15,18-19H,3-4,16-17H2,1-2H3,(H,27,29). The summed E-state index contributed by atoms with van der Waals surface area (Å²) in [7, 11) is 0. The molecule has 0 heterocycles. The lowest BCUT2D eigenvalue weighted by Crippen LogP contribution is -2.30. The van der Waals surface area contributed by atoms with Gasteiger partial charge in [-0.05, 0) is 62.4 Å². The van der Waals surface area contributed by atoms with Crippen molar-refractivity contribution in [3.8, 4) is 11.5 Å². The third-order valence-electron chi connectivity index (χ3n) is 4.88. The maximum atomic E-state index is 12.7. The molecule has 3 aromatic carbocycles. The SMILES string of the molecule is CCN(CC)C(=O)c1cccc(NC(=O)c2cccc(OCCOc3ccccc3)c2)c1. The molecule has 1 N–H and O–H groups in total. The minimum absolute atomic E-state index is 0.0563. The zero-order chi connectivity index (χ0) is 22.8. The van der Waals surface area contributed by atoms with Gasteiger partial charge >= 0.3 is 0 Å². The molecule has 6 heteroatoms. The molecular formula is C26H28N2O4. The van der Waals surface area contributed by atoms with E-state index in [9.17, 15) is 9.59 Å². The Balaban J connectivity index is 1.57. The number of anilines is 1. The summed E-state index contributed by atoms with van der Waals surface area (Å²) in [4.78, 5) is 27.0. The molecule has 0 bridgehead atoms. The van der Waals surface area contributed by atoms with Crippen LogP contribution in [0.1, 0.15) is 34.6 Å². The van der Waals surface area contributed by atoms with Gasteiger partial charge in [-0.1, -0.05) is 30.3 Å². The number of nitrogens with zero attached hydrogens (tertiary/aromatic N) is 1. The minimum atomic E-state index is -0.275. The Labute approximate surface area is 188 Å². The van der Waals surface area contributed by atoms with Crippen LogP contribution >= 0.6 is 0 Å². The Kier molecular flexibility index (Phi) is 8.26. The molecule has 32 heavy (non-hydrogen) atoms. The second-order valence-corrected chi connectivity index (χ2v) is 7.05. The van der Waals surface area contributed by atoms with E-state index in [2.05, 4.69) is 5.32 Å². The van der Waals surface area contributed by atoms with Crippen molar-refractivity contribution in [2.24, 2.45) is 0 Å². The molecule has 0 radical (unpaired) electrons. The molecule has 3 aromatic rings. The van der Waals surface area contributed by atoms with Crippen LogP contribution in [-0.4, -0.2) is 43.0 Å². The first-order valence-electron chi connectivity index (χ1n) is 10.7. The molecule has 0 unspecified atom stereocenters. The Hall–Kier alpha value is -3.80. The summed E-state index contributed by atoms with van der Waals surface area (Å²) in [6.07, 6.45) is 0. The van der Waals surface area contributed by atoms with Crippen LogP contribution in [0.15, 0.2) is 78.9 Å². The second kappa shape index (κ2) is 11.6. The van der Waals surface area contributed by atoms with Crippen LogP contribution in [0.2, 0.25) is 0 Å². The Morgan fingerprint density at radius 2 is 1.38 bits per heavy atom. The number of para-hydroxylation sites is 1. The fraction of sp³-hybridized carbons (Fsp3) is 0.231. The van der Waals surface area contributed by atoms with E-state index < -0.39 is 0 Å². The predicted molar refractivity (Wildman–Crippen MR) is 126 cm³/mol. The molecular weight excluding hydrogens is 404 g/mol. The van der Waals surface area contributed by atoms with Gasteiger partial charge in [0.05, 0.1) is 0 Å². The molecule has 166 valence electrons. The summed E-state index contributed by atoms with van der Waals surface area (Å²) in [6.45, 7) is 5.90. The van der Waals surface area contributed by atoms with Crippen LogP contribution in [0.5, 0.6) is 11.5 Å². The Morgan fingerprint density at radius 3 is 2.09 bits per heavy atom. The van der Waals surface area contributed by atoms with Gasteiger partial charge in [0.1, 0.15) is 24.7 Å². The topological polar surface area (TPSA) is 67.9 Å². The summed E-state index contributed by atoms with van der Waals surface area (Å²) in [5.74, 6) is 1.04. The largest absolute Gasteiger partial charge is 0.490 e. The highest BCUT2D eigenvalue weighted by molar-refractivity contribution is 6.05. The molecule has 0 aliphatic heterocycles. The lowest BCUT2D eigenvalue weighted by molar-refractivity contribution is 0.0772. The summed E-state index contributed by atoms with van der Waals surface area (Å²) < 4.78 is 11.3. The van der Waals surface area contributed by atoms with Crippen molar-refractivity contribution in [3.05, 3.63) is 90.0 Å². The van der Waals surface area contributed by atoms with Gasteiger partial charge in [0, 0.05) is 29.9 Å². The molecule has 0 saturated carbocycles. The number of nitrogens with one attached hydrogen (secondary N) is 1. The van der Waals surface area contributed by atoms with E-state index in [1.54, 1.807) is 53.4 Å². The van der Waals surface area contributed by atoms with Crippen molar-refractivity contribution < 1.29 is 19.1 Å². The molecule has 0 atom stereocenters. The zero-order valence-corrected chi connectivity index (χ0v) is 18.4. The minimum Gasteiger partial charge on any atom is -0.490 e. The van der Waals surface area contributed by atoms with Gasteiger partial charge in [-0.25, -0.2) is 0 Å². The van der Waals surface area contributed by atoms with Gasteiger partial charge in [-0.15, -0.1) is 0 Å². The van der Waals surface area contributed by atoms with Gasteiger partial charge in [-0.3, -0.25) is 9.59 Å². The lowest BCUT2D eigenvalue weighted by atomic mass is 10.1. The summed E-state index contributed by atoms with van der Waals surface area (Å²) in [5.41, 5.74) is 1.57. The van der Waals surface area contributed by atoms with Crippen LogP contribution in [0.25, 0.3) is 0 Å². The monoisotopic (exact) mass is 432 g/mol. The number of carbonyl (C=O) groups is 2. The van der Waals surface area contributed by atoms with E-state index in [-0.39, 0.29) is 11.8 Å². The van der Waals surface area contributed by atoms with Crippen molar-refractivity contribution in [1.29, 1.82) is 0 Å². The van der Waals surface area contributed by atoms with Crippen molar-refractivity contribution in [3.63, 3.8) is 0 Å². The van der Waals surface area contributed by atoms with E-state index in [1.807, 2.05) is 44.2 Å². The second-order valence-electron chi connectivity index (χ2n) is 7.05. The smallest absolute Gasteiger partial charge is 0.255 e. The molecule has 0 aromatic heterocycles. The predicted octanol–water partition coefficient (Wildman–Crippen LogP) is 4.88. The number of benzene rings is 3. The maximum absolute atomic E-state index is 12.7. The highest BCUT2D eigenvalue weighted by Crippen LogP contribution is 2.17. The van der Waals surface area contributed by atoms with Crippen molar-refractivity contribution in [1.82, 2.24) is 4.90 Å². The zero-order valence-electron chi connectivity index (χ0n) is 18.4. The molecule has 3 rings (SSSR count).